The van der Waals surface area contributed by atoms with Crippen LogP contribution in [0.4, 0.5) is 5.82 Å². The molecule has 1 aliphatic carbocycles. The van der Waals surface area contributed by atoms with Gasteiger partial charge in [-0.15, -0.1) is 11.3 Å². The Kier molecular flexibility index (Phi) is 2.70. The fraction of sp³-hybridized carbons (Fsp3) is 0.571. The van der Waals surface area contributed by atoms with E-state index < -0.39 is 0 Å². The van der Waals surface area contributed by atoms with Crippen LogP contribution >= 0.6 is 11.3 Å². The second-order valence-electron chi connectivity index (χ2n) is 5.53. The average molecular weight is 275 g/mol. The van der Waals surface area contributed by atoms with Crippen molar-refractivity contribution in [1.82, 2.24) is 9.97 Å². The van der Waals surface area contributed by atoms with E-state index >= 15 is 0 Å². The van der Waals surface area contributed by atoms with Crippen molar-refractivity contribution in [2.75, 3.05) is 11.9 Å². The van der Waals surface area contributed by atoms with Gasteiger partial charge in [0.25, 0.3) is 0 Å². The number of rotatable bonds is 3. The van der Waals surface area contributed by atoms with Crippen molar-refractivity contribution in [2.45, 2.75) is 38.3 Å². The highest BCUT2D eigenvalue weighted by molar-refractivity contribution is 7.18. The molecule has 19 heavy (non-hydrogen) atoms. The maximum absolute atomic E-state index is 5.88. The van der Waals surface area contributed by atoms with Crippen LogP contribution in [0.15, 0.2) is 11.7 Å². The maximum atomic E-state index is 5.88. The molecule has 2 aromatic heterocycles. The quantitative estimate of drug-likeness (QED) is 0.935. The highest BCUT2D eigenvalue weighted by Gasteiger charge is 2.40. The third-order valence-corrected chi connectivity index (χ3v) is 5.17. The molecule has 5 heteroatoms. The summed E-state index contributed by atoms with van der Waals surface area (Å²) in [5, 5.41) is 5.75. The lowest BCUT2D eigenvalue weighted by Gasteiger charge is -2.20. The number of thiophene rings is 1. The summed E-state index contributed by atoms with van der Waals surface area (Å²) in [7, 11) is 0. The molecule has 2 fully saturated rings. The first-order valence-corrected chi connectivity index (χ1v) is 7.78. The summed E-state index contributed by atoms with van der Waals surface area (Å²) in [4.78, 5) is 8.80. The van der Waals surface area contributed by atoms with Gasteiger partial charge < -0.3 is 10.1 Å². The van der Waals surface area contributed by atoms with Gasteiger partial charge in [0.1, 0.15) is 12.1 Å². The molecule has 0 aromatic carbocycles. The van der Waals surface area contributed by atoms with Gasteiger partial charge in [-0.3, -0.25) is 0 Å². The molecule has 4 nitrogen and oxygen atoms in total. The van der Waals surface area contributed by atoms with Gasteiger partial charge in [-0.2, -0.15) is 0 Å². The molecule has 2 unspecified atom stereocenters. The fourth-order valence-electron chi connectivity index (χ4n) is 2.90. The van der Waals surface area contributed by atoms with Gasteiger partial charge in [0.2, 0.25) is 0 Å². The van der Waals surface area contributed by atoms with E-state index in [2.05, 4.69) is 27.6 Å². The van der Waals surface area contributed by atoms with Crippen molar-refractivity contribution < 1.29 is 4.74 Å². The zero-order valence-electron chi connectivity index (χ0n) is 10.9. The summed E-state index contributed by atoms with van der Waals surface area (Å²) in [5.41, 5.74) is 2.30. The van der Waals surface area contributed by atoms with E-state index in [1.807, 2.05) is 0 Å². The van der Waals surface area contributed by atoms with Crippen LogP contribution in [0.5, 0.6) is 0 Å². The van der Waals surface area contributed by atoms with Crippen LogP contribution in [0.2, 0.25) is 0 Å². The predicted molar refractivity (Wildman–Crippen MR) is 76.6 cm³/mol. The standard InChI is InChI=1S/C14H17N3OS/c1-8-6-19-13-11(8)15-7-16-14(13)17-10-4-5-18-12(10)9-2-3-9/h6-7,9-10,12H,2-5H2,1H3,(H,15,16,17). The molecule has 2 atom stereocenters. The summed E-state index contributed by atoms with van der Waals surface area (Å²) >= 11 is 1.72. The SMILES string of the molecule is Cc1csc2c(NC3CCOC3C3CC3)ncnc12. The molecule has 1 N–H and O–H groups in total. The Morgan fingerprint density at radius 2 is 2.21 bits per heavy atom. The van der Waals surface area contributed by atoms with Crippen LogP contribution in [-0.4, -0.2) is 28.7 Å². The molecule has 0 radical (unpaired) electrons. The maximum Gasteiger partial charge on any atom is 0.147 e. The predicted octanol–water partition coefficient (Wildman–Crippen LogP) is 2.98. The van der Waals surface area contributed by atoms with Crippen molar-refractivity contribution in [1.29, 1.82) is 0 Å². The van der Waals surface area contributed by atoms with Crippen molar-refractivity contribution in [3.8, 4) is 0 Å². The largest absolute Gasteiger partial charge is 0.376 e. The molecule has 4 rings (SSSR count). The van der Waals surface area contributed by atoms with Crippen molar-refractivity contribution in [2.24, 2.45) is 5.92 Å². The lowest BCUT2D eigenvalue weighted by atomic mass is 10.1. The number of anilines is 1. The molecule has 0 spiro atoms. The van der Waals surface area contributed by atoms with E-state index in [0.29, 0.717) is 12.1 Å². The molecule has 2 aromatic rings. The van der Waals surface area contributed by atoms with Crippen LogP contribution in [0.3, 0.4) is 0 Å². The Morgan fingerprint density at radius 3 is 3.05 bits per heavy atom. The first kappa shape index (κ1) is 11.6. The molecule has 100 valence electrons. The van der Waals surface area contributed by atoms with Gasteiger partial charge in [0.15, 0.2) is 0 Å². The van der Waals surface area contributed by atoms with Gasteiger partial charge in [-0.1, -0.05) is 0 Å². The highest BCUT2D eigenvalue weighted by Crippen LogP contribution is 2.40. The van der Waals surface area contributed by atoms with Crippen LogP contribution in [0, 0.1) is 12.8 Å². The minimum absolute atomic E-state index is 0.381. The van der Waals surface area contributed by atoms with E-state index in [1.54, 1.807) is 17.7 Å². The molecular weight excluding hydrogens is 258 g/mol. The second-order valence-corrected chi connectivity index (χ2v) is 6.41. The number of ether oxygens (including phenoxy) is 1. The summed E-state index contributed by atoms with van der Waals surface area (Å²) < 4.78 is 7.04. The van der Waals surface area contributed by atoms with E-state index in [9.17, 15) is 0 Å². The molecule has 0 amide bonds. The van der Waals surface area contributed by atoms with E-state index in [0.717, 1.165) is 30.3 Å². The lowest BCUT2D eigenvalue weighted by Crippen LogP contribution is -2.31. The number of nitrogens with one attached hydrogen (secondary N) is 1. The highest BCUT2D eigenvalue weighted by atomic mass is 32.1. The van der Waals surface area contributed by atoms with Crippen LogP contribution < -0.4 is 5.32 Å². The molecular formula is C14H17N3OS. The first-order valence-electron chi connectivity index (χ1n) is 6.90. The van der Waals surface area contributed by atoms with Gasteiger partial charge >= 0.3 is 0 Å². The van der Waals surface area contributed by atoms with Crippen LogP contribution in [0.25, 0.3) is 10.2 Å². The van der Waals surface area contributed by atoms with Crippen molar-refractivity contribution >= 4 is 27.4 Å². The number of hydrogen-bond acceptors (Lipinski definition) is 5. The van der Waals surface area contributed by atoms with Crippen molar-refractivity contribution in [3.05, 3.63) is 17.3 Å². The molecule has 0 bridgehead atoms. The van der Waals surface area contributed by atoms with Gasteiger partial charge in [-0.25, -0.2) is 9.97 Å². The second kappa shape index (κ2) is 4.42. The summed E-state index contributed by atoms with van der Waals surface area (Å²) in [5.74, 6) is 1.74. The van der Waals surface area contributed by atoms with Gasteiger partial charge in [-0.05, 0) is 43.0 Å². The van der Waals surface area contributed by atoms with Crippen molar-refractivity contribution in [3.63, 3.8) is 0 Å². The Bertz CT molecular complexity index is 608. The Morgan fingerprint density at radius 1 is 1.32 bits per heavy atom. The normalized spacial score (nSPS) is 27.0. The minimum atomic E-state index is 0.381. The van der Waals surface area contributed by atoms with Crippen LogP contribution in [-0.2, 0) is 4.74 Å². The number of hydrogen-bond donors (Lipinski definition) is 1. The third-order valence-electron chi connectivity index (χ3n) is 4.08. The number of aromatic nitrogens is 2. The minimum Gasteiger partial charge on any atom is -0.376 e. The summed E-state index contributed by atoms with van der Waals surface area (Å²) in [6, 6.07) is 0.410. The molecule has 1 saturated heterocycles. The van der Waals surface area contributed by atoms with Gasteiger partial charge in [0.05, 0.1) is 22.4 Å². The number of nitrogens with zero attached hydrogens (tertiary/aromatic N) is 2. The molecule has 2 aliphatic rings. The Hall–Kier alpha value is -1.20. The monoisotopic (exact) mass is 275 g/mol. The fourth-order valence-corrected chi connectivity index (χ4v) is 3.86. The van der Waals surface area contributed by atoms with Gasteiger partial charge in [0, 0.05) is 6.61 Å². The number of aryl methyl sites for hydroxylation is 1. The van der Waals surface area contributed by atoms with Crippen LogP contribution in [0.1, 0.15) is 24.8 Å². The molecule has 1 aliphatic heterocycles. The zero-order valence-corrected chi connectivity index (χ0v) is 11.7. The lowest BCUT2D eigenvalue weighted by molar-refractivity contribution is 0.0898. The van der Waals surface area contributed by atoms with E-state index in [-0.39, 0.29) is 0 Å². The Labute approximate surface area is 116 Å². The summed E-state index contributed by atoms with van der Waals surface area (Å²) in [6.45, 7) is 2.97. The Balaban J connectivity index is 1.63. The average Bonchev–Trinajstić information content (AvgIpc) is 3.05. The van der Waals surface area contributed by atoms with E-state index in [1.165, 1.54) is 23.1 Å². The molecule has 3 heterocycles. The van der Waals surface area contributed by atoms with E-state index in [4.69, 9.17) is 4.74 Å². The topological polar surface area (TPSA) is 47.0 Å². The molecule has 1 saturated carbocycles. The first-order chi connectivity index (χ1) is 9.33. The smallest absolute Gasteiger partial charge is 0.147 e. The zero-order chi connectivity index (χ0) is 12.8. The number of fused-ring (bicyclic) bond motifs is 1. The summed E-state index contributed by atoms with van der Waals surface area (Å²) in [6.07, 6.45) is 5.76. The third kappa shape index (κ3) is 2.01.